The van der Waals surface area contributed by atoms with Gasteiger partial charge in [-0.1, -0.05) is 6.08 Å². The van der Waals surface area contributed by atoms with Gasteiger partial charge in [0.2, 0.25) is 5.95 Å². The van der Waals surface area contributed by atoms with Gasteiger partial charge in [0.15, 0.2) is 0 Å². The fourth-order valence-electron chi connectivity index (χ4n) is 2.83. The normalized spacial score (nSPS) is 17.9. The average molecular weight is 353 g/mol. The van der Waals surface area contributed by atoms with Crippen LogP contribution in [-0.2, 0) is 12.7 Å². The summed E-state index contributed by atoms with van der Waals surface area (Å²) in [7, 11) is 3.35. The molecule has 0 spiro atoms. The molecule has 1 atom stereocenters. The first-order valence-electron chi connectivity index (χ1n) is 7.62. The highest BCUT2D eigenvalue weighted by Crippen LogP contribution is 2.35. The van der Waals surface area contributed by atoms with Crippen molar-refractivity contribution < 1.29 is 13.2 Å². The lowest BCUT2D eigenvalue weighted by Crippen LogP contribution is -2.34. The van der Waals surface area contributed by atoms with Crippen LogP contribution in [0.2, 0.25) is 0 Å². The minimum Gasteiger partial charge on any atom is -0.372 e. The maximum atomic E-state index is 12.9. The Balaban J connectivity index is 1.94. The van der Waals surface area contributed by atoms with Crippen molar-refractivity contribution in [2.24, 2.45) is 0 Å². The van der Waals surface area contributed by atoms with Gasteiger partial charge in [-0.05, 0) is 7.05 Å². The predicted octanol–water partition coefficient (Wildman–Crippen LogP) is 2.65. The maximum absolute atomic E-state index is 12.9. The van der Waals surface area contributed by atoms with Crippen LogP contribution in [0.5, 0.6) is 0 Å². The molecule has 25 heavy (non-hydrogen) atoms. The molecule has 2 N–H and O–H groups in total. The number of fused-ring (bicyclic) bond motifs is 1. The largest absolute Gasteiger partial charge is 0.421 e. The molecule has 0 bridgehead atoms. The van der Waals surface area contributed by atoms with Crippen molar-refractivity contribution in [3.63, 3.8) is 0 Å². The first kappa shape index (κ1) is 17.2. The summed E-state index contributed by atoms with van der Waals surface area (Å²) >= 11 is 0. The lowest BCUT2D eigenvalue weighted by atomic mass is 10.1. The average Bonchev–Trinajstić information content (AvgIpc) is 2.96. The van der Waals surface area contributed by atoms with Crippen LogP contribution in [0.1, 0.15) is 17.3 Å². The maximum Gasteiger partial charge on any atom is 0.421 e. The Labute approximate surface area is 142 Å². The van der Waals surface area contributed by atoms with Crippen molar-refractivity contribution in [2.45, 2.75) is 18.8 Å². The number of nitrogens with one attached hydrogen (secondary N) is 2. The molecular formula is C15H18F3N7. The van der Waals surface area contributed by atoms with Gasteiger partial charge in [-0.3, -0.25) is 9.58 Å². The molecule has 0 fully saturated rings. The fourth-order valence-corrected chi connectivity index (χ4v) is 2.83. The number of anilines is 3. The molecule has 0 aliphatic carbocycles. The molecule has 2 aromatic rings. The van der Waals surface area contributed by atoms with Crippen molar-refractivity contribution in [1.82, 2.24) is 24.6 Å². The van der Waals surface area contributed by atoms with Crippen LogP contribution in [0.3, 0.4) is 0 Å². The summed E-state index contributed by atoms with van der Waals surface area (Å²) in [6.45, 7) is 5.39. The third kappa shape index (κ3) is 3.16. The third-order valence-electron chi connectivity index (χ3n) is 4.10. The molecule has 0 saturated heterocycles. The summed E-state index contributed by atoms with van der Waals surface area (Å²) in [5.41, 5.74) is 0.595. The first-order valence-corrected chi connectivity index (χ1v) is 7.62. The van der Waals surface area contributed by atoms with Gasteiger partial charge in [0.1, 0.15) is 11.4 Å². The summed E-state index contributed by atoms with van der Waals surface area (Å²) in [4.78, 5) is 9.82. The van der Waals surface area contributed by atoms with E-state index in [0.29, 0.717) is 12.2 Å². The first-order chi connectivity index (χ1) is 11.8. The molecule has 2 aromatic heterocycles. The van der Waals surface area contributed by atoms with Crippen LogP contribution in [0.25, 0.3) is 0 Å². The van der Waals surface area contributed by atoms with Gasteiger partial charge in [0.05, 0.1) is 30.2 Å². The van der Waals surface area contributed by atoms with E-state index in [1.54, 1.807) is 12.3 Å². The summed E-state index contributed by atoms with van der Waals surface area (Å²) in [5.74, 6) is -0.229. The molecule has 3 heterocycles. The number of halogens is 3. The fraction of sp³-hybridized carbons (Fsp3) is 0.400. The van der Waals surface area contributed by atoms with Crippen molar-refractivity contribution in [3.05, 3.63) is 36.3 Å². The van der Waals surface area contributed by atoms with Crippen molar-refractivity contribution in [1.29, 1.82) is 0 Å². The molecule has 0 aromatic carbocycles. The summed E-state index contributed by atoms with van der Waals surface area (Å²) in [5, 5.41) is 9.73. The van der Waals surface area contributed by atoms with Crippen LogP contribution in [0.4, 0.5) is 30.6 Å². The Morgan fingerprint density at radius 2 is 2.08 bits per heavy atom. The minimum atomic E-state index is -4.52. The van der Waals surface area contributed by atoms with Gasteiger partial charge < -0.3 is 10.6 Å². The van der Waals surface area contributed by atoms with Crippen molar-refractivity contribution in [3.8, 4) is 0 Å². The number of alkyl halides is 3. The van der Waals surface area contributed by atoms with Crippen LogP contribution in [0.15, 0.2) is 25.0 Å². The van der Waals surface area contributed by atoms with E-state index < -0.39 is 11.7 Å². The van der Waals surface area contributed by atoms with Gasteiger partial charge in [0, 0.05) is 19.8 Å². The molecule has 0 unspecified atom stereocenters. The zero-order chi connectivity index (χ0) is 18.2. The van der Waals surface area contributed by atoms with Gasteiger partial charge in [-0.15, -0.1) is 6.58 Å². The monoisotopic (exact) mass is 353 g/mol. The molecule has 0 amide bonds. The number of nitrogens with zero attached hydrogens (tertiary/aromatic N) is 5. The van der Waals surface area contributed by atoms with Crippen molar-refractivity contribution in [2.75, 3.05) is 31.3 Å². The summed E-state index contributed by atoms with van der Waals surface area (Å²) in [6, 6.07) is -0.0584. The third-order valence-corrected chi connectivity index (χ3v) is 4.10. The highest BCUT2D eigenvalue weighted by atomic mass is 19.4. The van der Waals surface area contributed by atoms with Gasteiger partial charge in [-0.25, -0.2) is 4.98 Å². The zero-order valence-corrected chi connectivity index (χ0v) is 13.8. The second kappa shape index (κ2) is 6.36. The molecule has 7 nitrogen and oxygen atoms in total. The van der Waals surface area contributed by atoms with Gasteiger partial charge in [0.25, 0.3) is 0 Å². The summed E-state index contributed by atoms with van der Waals surface area (Å²) < 4.78 is 40.7. The molecule has 134 valence electrons. The second-order valence-corrected chi connectivity index (χ2v) is 5.66. The smallest absolute Gasteiger partial charge is 0.372 e. The Morgan fingerprint density at radius 3 is 2.72 bits per heavy atom. The molecule has 10 heteroatoms. The Kier molecular flexibility index (Phi) is 4.38. The van der Waals surface area contributed by atoms with Gasteiger partial charge >= 0.3 is 6.18 Å². The van der Waals surface area contributed by atoms with Crippen LogP contribution in [-0.4, -0.2) is 45.3 Å². The Hall–Kier alpha value is -2.62. The minimum absolute atomic E-state index is 0.0584. The summed E-state index contributed by atoms with van der Waals surface area (Å²) in [6.07, 6.45) is -0.353. The number of hydrogen-bond acceptors (Lipinski definition) is 6. The van der Waals surface area contributed by atoms with E-state index in [9.17, 15) is 13.2 Å². The number of rotatable bonds is 4. The SMILES string of the molecule is C=C[C@@H]1c2c(Nc3ncc(C(F)(F)F)c(NC)n3)cnn2CCN1C. The van der Waals surface area contributed by atoms with E-state index >= 15 is 0 Å². The molecule has 1 aliphatic heterocycles. The van der Waals surface area contributed by atoms with Gasteiger partial charge in [-0.2, -0.15) is 23.3 Å². The Bertz CT molecular complexity index is 784. The Morgan fingerprint density at radius 1 is 1.32 bits per heavy atom. The number of hydrogen-bond donors (Lipinski definition) is 2. The van der Waals surface area contributed by atoms with E-state index in [4.69, 9.17) is 0 Å². The topological polar surface area (TPSA) is 70.9 Å². The van der Waals surface area contributed by atoms with E-state index in [1.165, 1.54) is 7.05 Å². The number of aromatic nitrogens is 4. The molecular weight excluding hydrogens is 335 g/mol. The predicted molar refractivity (Wildman–Crippen MR) is 87.7 cm³/mol. The highest BCUT2D eigenvalue weighted by Gasteiger charge is 2.35. The number of likely N-dealkylation sites (N-methyl/N-ethyl adjacent to an activating group) is 1. The van der Waals surface area contributed by atoms with E-state index in [2.05, 4.69) is 37.2 Å². The quantitative estimate of drug-likeness (QED) is 0.824. The van der Waals surface area contributed by atoms with Crippen LogP contribution < -0.4 is 10.6 Å². The van der Waals surface area contributed by atoms with Crippen LogP contribution in [0, 0.1) is 0 Å². The molecule has 0 saturated carbocycles. The standard InChI is InChI=1S/C15H18F3N7/c1-4-11-12-10(8-21-25(12)6-5-24(11)3)22-14-20-7-9(15(16,17)18)13(19-2)23-14/h4,7-8,11H,1,5-6H2,2-3H3,(H2,19,20,22,23)/t11-/m1/s1. The molecule has 1 aliphatic rings. The van der Waals surface area contributed by atoms with E-state index in [1.807, 2.05) is 11.7 Å². The lowest BCUT2D eigenvalue weighted by Gasteiger charge is -2.31. The molecule has 3 rings (SSSR count). The van der Waals surface area contributed by atoms with Crippen LogP contribution >= 0.6 is 0 Å². The lowest BCUT2D eigenvalue weighted by molar-refractivity contribution is -0.137. The highest BCUT2D eigenvalue weighted by molar-refractivity contribution is 5.59. The van der Waals surface area contributed by atoms with Crippen molar-refractivity contribution >= 4 is 17.5 Å². The zero-order valence-electron chi connectivity index (χ0n) is 13.8. The second-order valence-electron chi connectivity index (χ2n) is 5.66. The van der Waals surface area contributed by atoms with E-state index in [0.717, 1.165) is 18.4 Å². The molecule has 0 radical (unpaired) electrons. The van der Waals surface area contributed by atoms with E-state index in [-0.39, 0.29) is 17.8 Å².